The molecule has 2 bridgehead atoms. The summed E-state index contributed by atoms with van der Waals surface area (Å²) in [5.41, 5.74) is 1.34. The summed E-state index contributed by atoms with van der Waals surface area (Å²) in [6.45, 7) is 6.88. The maximum atomic E-state index is 13.1. The quantitative estimate of drug-likeness (QED) is 0.850. The molecule has 4 aliphatic rings. The summed E-state index contributed by atoms with van der Waals surface area (Å²) in [5.74, 6) is 2.27. The van der Waals surface area contributed by atoms with Crippen LogP contribution < -0.4 is 10.1 Å². The molecule has 0 unspecified atom stereocenters. The van der Waals surface area contributed by atoms with Gasteiger partial charge in [-0.05, 0) is 81.5 Å². The van der Waals surface area contributed by atoms with Gasteiger partial charge in [0, 0.05) is 11.6 Å². The van der Waals surface area contributed by atoms with Crippen molar-refractivity contribution in [1.82, 2.24) is 10.2 Å². The average molecular weight is 385 g/mol. The Morgan fingerprint density at radius 3 is 2.59 bits per heavy atom. The van der Waals surface area contributed by atoms with Gasteiger partial charge in [0.05, 0.1) is 16.7 Å². The highest BCUT2D eigenvalue weighted by Crippen LogP contribution is 2.48. The number of hydrogen-bond donors (Lipinski definition) is 1. The predicted molar refractivity (Wildman–Crippen MR) is 110 cm³/mol. The Bertz CT molecular complexity index is 891. The van der Waals surface area contributed by atoms with Crippen molar-refractivity contribution in [2.45, 2.75) is 57.0 Å². The largest absolute Gasteiger partial charge is 0.495 e. The summed E-state index contributed by atoms with van der Waals surface area (Å²) in [6, 6.07) is 6.59. The van der Waals surface area contributed by atoms with Crippen LogP contribution in [0.15, 0.2) is 18.2 Å². The number of thiophene rings is 1. The van der Waals surface area contributed by atoms with Crippen molar-refractivity contribution in [2.24, 2.45) is 5.92 Å². The first-order valence-corrected chi connectivity index (χ1v) is 11.0. The van der Waals surface area contributed by atoms with Gasteiger partial charge in [-0.15, -0.1) is 11.3 Å². The molecule has 4 nitrogen and oxygen atoms in total. The van der Waals surface area contributed by atoms with Gasteiger partial charge in [0.2, 0.25) is 0 Å². The number of carbonyl (C=O) groups is 1. The van der Waals surface area contributed by atoms with E-state index in [1.54, 1.807) is 18.4 Å². The number of carbonyl (C=O) groups excluding carboxylic acids is 1. The van der Waals surface area contributed by atoms with Crippen molar-refractivity contribution in [3.63, 3.8) is 0 Å². The lowest BCUT2D eigenvalue weighted by Gasteiger charge is -2.56. The molecule has 1 aliphatic carbocycles. The lowest BCUT2D eigenvalue weighted by molar-refractivity contribution is -0.0377. The number of hydrogen-bond acceptors (Lipinski definition) is 4. The van der Waals surface area contributed by atoms with Crippen LogP contribution in [0.4, 0.5) is 0 Å². The second kappa shape index (κ2) is 6.21. The van der Waals surface area contributed by atoms with Gasteiger partial charge < -0.3 is 10.1 Å². The van der Waals surface area contributed by atoms with E-state index in [0.29, 0.717) is 11.8 Å². The first-order valence-electron chi connectivity index (χ1n) is 10.2. The highest BCUT2D eigenvalue weighted by Gasteiger charge is 2.48. The van der Waals surface area contributed by atoms with Gasteiger partial charge in [0.1, 0.15) is 5.75 Å². The van der Waals surface area contributed by atoms with Crippen LogP contribution in [0.25, 0.3) is 10.1 Å². The van der Waals surface area contributed by atoms with E-state index in [0.717, 1.165) is 33.8 Å². The third-order valence-electron chi connectivity index (χ3n) is 6.99. The van der Waals surface area contributed by atoms with Gasteiger partial charge in [-0.2, -0.15) is 0 Å². The van der Waals surface area contributed by atoms with E-state index in [-0.39, 0.29) is 17.5 Å². The molecule has 1 amide bonds. The first-order chi connectivity index (χ1) is 13.0. The van der Waals surface area contributed by atoms with E-state index >= 15 is 0 Å². The van der Waals surface area contributed by atoms with Crippen LogP contribution in [-0.4, -0.2) is 42.6 Å². The maximum Gasteiger partial charge on any atom is 0.261 e. The number of methoxy groups -OCH3 is 1. The molecule has 1 aromatic carbocycles. The van der Waals surface area contributed by atoms with Crippen LogP contribution >= 0.6 is 11.3 Å². The van der Waals surface area contributed by atoms with Gasteiger partial charge >= 0.3 is 0 Å². The van der Waals surface area contributed by atoms with Crippen LogP contribution in [0.3, 0.4) is 0 Å². The van der Waals surface area contributed by atoms with Gasteiger partial charge in [-0.25, -0.2) is 0 Å². The molecule has 1 N–H and O–H groups in total. The normalized spacial score (nSPS) is 29.1. The number of piperidine rings is 3. The fraction of sp³-hybridized carbons (Fsp3) is 0.591. The molecule has 1 aromatic heterocycles. The number of rotatable bonds is 4. The molecule has 3 aliphatic heterocycles. The molecule has 2 aromatic rings. The summed E-state index contributed by atoms with van der Waals surface area (Å²) in [5, 5.41) is 4.50. The second-order valence-electron chi connectivity index (χ2n) is 8.92. The topological polar surface area (TPSA) is 41.6 Å². The Balaban J connectivity index is 1.44. The van der Waals surface area contributed by atoms with Crippen LogP contribution in [0, 0.1) is 5.92 Å². The number of benzene rings is 1. The minimum Gasteiger partial charge on any atom is -0.495 e. The van der Waals surface area contributed by atoms with Crippen molar-refractivity contribution >= 4 is 27.3 Å². The van der Waals surface area contributed by atoms with Gasteiger partial charge in [-0.1, -0.05) is 12.1 Å². The minimum atomic E-state index is 0.0321. The lowest BCUT2D eigenvalue weighted by Crippen LogP contribution is -2.69. The van der Waals surface area contributed by atoms with Crippen LogP contribution in [0.1, 0.15) is 60.7 Å². The van der Waals surface area contributed by atoms with E-state index < -0.39 is 0 Å². The number of amides is 1. The Morgan fingerprint density at radius 1 is 1.22 bits per heavy atom. The Morgan fingerprint density at radius 2 is 1.96 bits per heavy atom. The van der Waals surface area contributed by atoms with Crippen LogP contribution in [0.5, 0.6) is 5.75 Å². The van der Waals surface area contributed by atoms with Crippen molar-refractivity contribution < 1.29 is 9.53 Å². The highest BCUT2D eigenvalue weighted by atomic mass is 32.1. The van der Waals surface area contributed by atoms with Crippen molar-refractivity contribution in [1.29, 1.82) is 0 Å². The molecular formula is C22H28N2O2S. The standard InChI is InChI=1S/C22H28N2O2S/c1-22(2)20(14-8-10-24(22)11-9-14)23-21(25)17-12-15-6-7-16(13-4-5-13)18(26-3)19(15)27-17/h6-7,12-14,20H,4-5,8-11H2,1-3H3,(H,23,25)/t20-/m0/s1. The molecular weight excluding hydrogens is 356 g/mol. The molecule has 1 saturated carbocycles. The summed E-state index contributed by atoms with van der Waals surface area (Å²) in [4.78, 5) is 16.4. The first kappa shape index (κ1) is 17.5. The Labute approximate surface area is 164 Å². The number of fused-ring (bicyclic) bond motifs is 4. The molecule has 6 rings (SSSR count). The van der Waals surface area contributed by atoms with E-state index in [2.05, 4.69) is 36.2 Å². The third kappa shape index (κ3) is 2.78. The SMILES string of the molecule is COc1c(C2CC2)ccc2cc(C(=O)N[C@H]3C4CCN(CC4)C3(C)C)sc12. The zero-order valence-electron chi connectivity index (χ0n) is 16.4. The van der Waals surface area contributed by atoms with Crippen molar-refractivity contribution in [2.75, 3.05) is 20.2 Å². The van der Waals surface area contributed by atoms with Crippen molar-refractivity contribution in [3.8, 4) is 5.75 Å². The highest BCUT2D eigenvalue weighted by molar-refractivity contribution is 7.21. The lowest BCUT2D eigenvalue weighted by atomic mass is 9.72. The summed E-state index contributed by atoms with van der Waals surface area (Å²) >= 11 is 1.57. The molecule has 1 atom stereocenters. The molecule has 4 fully saturated rings. The minimum absolute atomic E-state index is 0.0321. The smallest absolute Gasteiger partial charge is 0.261 e. The third-order valence-corrected chi connectivity index (χ3v) is 8.14. The molecule has 144 valence electrons. The number of nitrogens with one attached hydrogen (secondary N) is 1. The Kier molecular flexibility index (Phi) is 4.03. The summed E-state index contributed by atoms with van der Waals surface area (Å²) in [7, 11) is 1.75. The van der Waals surface area contributed by atoms with E-state index in [4.69, 9.17) is 4.74 Å². The second-order valence-corrected chi connectivity index (χ2v) is 9.97. The zero-order chi connectivity index (χ0) is 18.8. The zero-order valence-corrected chi connectivity index (χ0v) is 17.2. The molecule has 27 heavy (non-hydrogen) atoms. The average Bonchev–Trinajstić information content (AvgIpc) is 3.41. The van der Waals surface area contributed by atoms with E-state index in [9.17, 15) is 4.79 Å². The van der Waals surface area contributed by atoms with Gasteiger partial charge in [0.15, 0.2) is 0 Å². The fourth-order valence-electron chi connectivity index (χ4n) is 5.22. The number of nitrogens with zero attached hydrogens (tertiary/aromatic N) is 1. The fourth-order valence-corrected chi connectivity index (χ4v) is 6.32. The summed E-state index contributed by atoms with van der Waals surface area (Å²) < 4.78 is 6.86. The molecule has 0 radical (unpaired) electrons. The van der Waals surface area contributed by atoms with Crippen molar-refractivity contribution in [3.05, 3.63) is 28.6 Å². The van der Waals surface area contributed by atoms with E-state index in [1.807, 2.05) is 6.07 Å². The van der Waals surface area contributed by atoms with Crippen LogP contribution in [-0.2, 0) is 0 Å². The van der Waals surface area contributed by atoms with E-state index in [1.165, 1.54) is 31.2 Å². The predicted octanol–water partition coefficient (Wildman–Crippen LogP) is 4.39. The Hall–Kier alpha value is -1.59. The van der Waals surface area contributed by atoms with Gasteiger partial charge in [0.25, 0.3) is 5.91 Å². The van der Waals surface area contributed by atoms with Gasteiger partial charge in [-0.3, -0.25) is 9.69 Å². The van der Waals surface area contributed by atoms with Crippen LogP contribution in [0.2, 0.25) is 0 Å². The molecule has 0 spiro atoms. The molecule has 3 saturated heterocycles. The maximum absolute atomic E-state index is 13.1. The summed E-state index contributed by atoms with van der Waals surface area (Å²) in [6.07, 6.45) is 4.88. The number of ether oxygens (including phenoxy) is 1. The molecule has 5 heteroatoms. The molecule has 4 heterocycles. The monoisotopic (exact) mass is 384 g/mol.